The molecular weight excluding hydrogens is 202 g/mol. The molecule has 0 aromatic rings. The predicted molar refractivity (Wildman–Crippen MR) is 68.2 cm³/mol. The Kier molecular flexibility index (Phi) is 8.21. The van der Waals surface area contributed by atoms with Crippen LogP contribution in [-0.4, -0.2) is 56.0 Å². The Morgan fingerprint density at radius 2 is 1.88 bits per heavy atom. The molecule has 0 atom stereocenters. The highest BCUT2D eigenvalue weighted by atomic mass is 16.1. The lowest BCUT2D eigenvalue weighted by molar-refractivity contribution is -0.119. The number of nitrogens with zero attached hydrogens (tertiary/aromatic N) is 2. The van der Waals surface area contributed by atoms with Gasteiger partial charge in [-0.25, -0.2) is 0 Å². The molecule has 1 fully saturated rings. The van der Waals surface area contributed by atoms with Gasteiger partial charge in [-0.05, 0) is 32.9 Å². The van der Waals surface area contributed by atoms with Gasteiger partial charge < -0.3 is 15.5 Å². The smallest absolute Gasteiger partial charge is 0.209 e. The number of carbonyl (C=O) groups is 1. The zero-order valence-corrected chi connectivity index (χ0v) is 11.1. The minimum absolute atomic E-state index is 0.675. The first kappa shape index (κ1) is 15.4. The summed E-state index contributed by atoms with van der Waals surface area (Å²) in [6, 6.07) is 0.675. The van der Waals surface area contributed by atoms with Crippen LogP contribution in [0.5, 0.6) is 0 Å². The molecule has 0 aliphatic carbocycles. The third kappa shape index (κ3) is 5.47. The Labute approximate surface area is 99.8 Å². The molecule has 16 heavy (non-hydrogen) atoms. The van der Waals surface area contributed by atoms with Crippen molar-refractivity contribution in [2.24, 2.45) is 11.7 Å². The molecule has 1 heterocycles. The maximum Gasteiger partial charge on any atom is 0.209 e. The van der Waals surface area contributed by atoms with Crippen molar-refractivity contribution in [1.82, 2.24) is 9.80 Å². The molecular formula is C12H27N3O. The van der Waals surface area contributed by atoms with Crippen LogP contribution in [-0.2, 0) is 4.79 Å². The first-order valence-electron chi connectivity index (χ1n) is 6.10. The lowest BCUT2D eigenvalue weighted by Crippen LogP contribution is -2.43. The van der Waals surface area contributed by atoms with E-state index in [9.17, 15) is 4.79 Å². The van der Waals surface area contributed by atoms with Crippen LogP contribution < -0.4 is 5.73 Å². The Balaban J connectivity index is 0.00000106. The van der Waals surface area contributed by atoms with Crippen molar-refractivity contribution in [3.8, 4) is 0 Å². The van der Waals surface area contributed by atoms with E-state index in [2.05, 4.69) is 31.5 Å². The number of likely N-dealkylation sites (tertiary alicyclic amines) is 1. The second-order valence-corrected chi connectivity index (χ2v) is 4.71. The van der Waals surface area contributed by atoms with Gasteiger partial charge >= 0.3 is 0 Å². The van der Waals surface area contributed by atoms with Crippen LogP contribution >= 0.6 is 0 Å². The fourth-order valence-electron chi connectivity index (χ4n) is 2.16. The number of rotatable bonds is 4. The quantitative estimate of drug-likeness (QED) is 0.724. The van der Waals surface area contributed by atoms with Crippen LogP contribution in [0.1, 0.15) is 26.7 Å². The fraction of sp³-hybridized carbons (Fsp3) is 0.917. The molecule has 0 spiro atoms. The van der Waals surface area contributed by atoms with Crippen molar-refractivity contribution < 1.29 is 4.79 Å². The third-order valence-corrected chi connectivity index (χ3v) is 2.92. The van der Waals surface area contributed by atoms with Gasteiger partial charge in [-0.15, -0.1) is 0 Å². The average molecular weight is 229 g/mol. The fourth-order valence-corrected chi connectivity index (χ4v) is 2.16. The van der Waals surface area contributed by atoms with E-state index in [1.54, 1.807) is 0 Å². The standard InChI is InChI=1S/C11H22N2O.CH5N/c1-10(2)8-12(3)11-4-6-13(9-14)7-5-11;1-2/h9-11H,4-8H2,1-3H3;2H2,1H3. The van der Waals surface area contributed by atoms with Crippen LogP contribution in [0.15, 0.2) is 0 Å². The van der Waals surface area contributed by atoms with Gasteiger partial charge in [0, 0.05) is 25.7 Å². The lowest BCUT2D eigenvalue weighted by Gasteiger charge is -2.35. The van der Waals surface area contributed by atoms with E-state index in [1.807, 2.05) is 4.90 Å². The molecule has 1 saturated heterocycles. The van der Waals surface area contributed by atoms with Crippen LogP contribution in [0.3, 0.4) is 0 Å². The topological polar surface area (TPSA) is 49.6 Å². The van der Waals surface area contributed by atoms with Crippen molar-refractivity contribution in [3.05, 3.63) is 0 Å². The van der Waals surface area contributed by atoms with Gasteiger partial charge in [0.05, 0.1) is 0 Å². The van der Waals surface area contributed by atoms with E-state index in [0.717, 1.165) is 44.8 Å². The van der Waals surface area contributed by atoms with E-state index >= 15 is 0 Å². The number of hydrogen-bond acceptors (Lipinski definition) is 3. The molecule has 4 nitrogen and oxygen atoms in total. The second-order valence-electron chi connectivity index (χ2n) is 4.71. The van der Waals surface area contributed by atoms with Gasteiger partial charge in [-0.1, -0.05) is 13.8 Å². The Morgan fingerprint density at radius 3 is 2.25 bits per heavy atom. The molecule has 1 rings (SSSR count). The molecule has 1 amide bonds. The lowest BCUT2D eigenvalue weighted by atomic mass is 10.0. The summed E-state index contributed by atoms with van der Waals surface area (Å²) in [4.78, 5) is 14.8. The first-order chi connectivity index (χ1) is 7.63. The van der Waals surface area contributed by atoms with Gasteiger partial charge in [-0.3, -0.25) is 4.79 Å². The van der Waals surface area contributed by atoms with E-state index in [4.69, 9.17) is 0 Å². The highest BCUT2D eigenvalue weighted by Crippen LogP contribution is 2.15. The highest BCUT2D eigenvalue weighted by molar-refractivity contribution is 5.47. The molecule has 4 heteroatoms. The number of carbonyl (C=O) groups excluding carboxylic acids is 1. The Hall–Kier alpha value is -0.610. The highest BCUT2D eigenvalue weighted by Gasteiger charge is 2.21. The summed E-state index contributed by atoms with van der Waals surface area (Å²) < 4.78 is 0. The number of hydrogen-bond donors (Lipinski definition) is 1. The number of piperidine rings is 1. The predicted octanol–water partition coefficient (Wildman–Crippen LogP) is 0.770. The van der Waals surface area contributed by atoms with Crippen molar-refractivity contribution in [1.29, 1.82) is 0 Å². The maximum atomic E-state index is 10.5. The summed E-state index contributed by atoms with van der Waals surface area (Å²) in [5, 5.41) is 0. The van der Waals surface area contributed by atoms with Crippen LogP contribution in [0.2, 0.25) is 0 Å². The van der Waals surface area contributed by atoms with Gasteiger partial charge in [0.15, 0.2) is 0 Å². The minimum atomic E-state index is 0.675. The zero-order valence-electron chi connectivity index (χ0n) is 11.1. The van der Waals surface area contributed by atoms with Gasteiger partial charge in [0.1, 0.15) is 0 Å². The van der Waals surface area contributed by atoms with Crippen LogP contribution in [0, 0.1) is 5.92 Å². The zero-order chi connectivity index (χ0) is 12.6. The molecule has 0 saturated carbocycles. The van der Waals surface area contributed by atoms with Gasteiger partial charge in [-0.2, -0.15) is 0 Å². The van der Waals surface area contributed by atoms with Crippen molar-refractivity contribution in [2.75, 3.05) is 33.7 Å². The van der Waals surface area contributed by atoms with E-state index in [0.29, 0.717) is 6.04 Å². The molecule has 0 aromatic carbocycles. The van der Waals surface area contributed by atoms with Crippen molar-refractivity contribution in [2.45, 2.75) is 32.7 Å². The van der Waals surface area contributed by atoms with Gasteiger partial charge in [0.2, 0.25) is 6.41 Å². The summed E-state index contributed by atoms with van der Waals surface area (Å²) >= 11 is 0. The van der Waals surface area contributed by atoms with Crippen LogP contribution in [0.25, 0.3) is 0 Å². The molecule has 0 aromatic heterocycles. The maximum absolute atomic E-state index is 10.5. The average Bonchev–Trinajstić information content (AvgIpc) is 2.31. The molecule has 0 radical (unpaired) electrons. The van der Waals surface area contributed by atoms with Crippen LogP contribution in [0.4, 0.5) is 0 Å². The van der Waals surface area contributed by atoms with Crippen molar-refractivity contribution >= 4 is 6.41 Å². The summed E-state index contributed by atoms with van der Waals surface area (Å²) in [7, 11) is 3.70. The minimum Gasteiger partial charge on any atom is -0.345 e. The summed E-state index contributed by atoms with van der Waals surface area (Å²) in [6.45, 7) is 7.51. The summed E-state index contributed by atoms with van der Waals surface area (Å²) in [6.07, 6.45) is 3.22. The van der Waals surface area contributed by atoms with E-state index < -0.39 is 0 Å². The normalized spacial score (nSPS) is 17.3. The number of amides is 1. The number of nitrogens with two attached hydrogens (primary N) is 1. The SMILES string of the molecule is CC(C)CN(C)C1CCN(C=O)CC1.CN. The summed E-state index contributed by atoms with van der Waals surface area (Å²) in [5.41, 5.74) is 4.50. The largest absolute Gasteiger partial charge is 0.345 e. The Bertz CT molecular complexity index is 177. The van der Waals surface area contributed by atoms with Crippen molar-refractivity contribution in [3.63, 3.8) is 0 Å². The molecule has 1 aliphatic rings. The molecule has 96 valence electrons. The Morgan fingerprint density at radius 1 is 1.38 bits per heavy atom. The molecule has 1 aliphatic heterocycles. The first-order valence-corrected chi connectivity index (χ1v) is 6.10. The molecule has 0 bridgehead atoms. The van der Waals surface area contributed by atoms with Gasteiger partial charge in [0.25, 0.3) is 0 Å². The van der Waals surface area contributed by atoms with E-state index in [1.165, 1.54) is 7.05 Å². The second kappa shape index (κ2) is 8.53. The molecule has 2 N–H and O–H groups in total. The molecule has 0 unspecified atom stereocenters. The monoisotopic (exact) mass is 229 g/mol. The summed E-state index contributed by atoms with van der Waals surface area (Å²) in [5.74, 6) is 0.726. The third-order valence-electron chi connectivity index (χ3n) is 2.92. The van der Waals surface area contributed by atoms with E-state index in [-0.39, 0.29) is 0 Å².